The standard InChI is InChI=1S/C15H19NO5/c1-15(2,3)21-14(20)11-6-4-5-10(7-11)8-12(13(18)19)16-9-17/h4-7,9,12H,8H2,1-3H3,(H,16,17)(H,18,19). The number of esters is 1. The van der Waals surface area contributed by atoms with Gasteiger partial charge in [-0.2, -0.15) is 0 Å². The molecule has 0 aliphatic heterocycles. The number of rotatable bonds is 6. The van der Waals surface area contributed by atoms with Crippen molar-refractivity contribution in [3.8, 4) is 0 Å². The van der Waals surface area contributed by atoms with Crippen LogP contribution in [-0.4, -0.2) is 35.1 Å². The van der Waals surface area contributed by atoms with Gasteiger partial charge in [0.05, 0.1) is 5.56 Å². The second-order valence-electron chi connectivity index (χ2n) is 5.58. The molecule has 21 heavy (non-hydrogen) atoms. The zero-order valence-corrected chi connectivity index (χ0v) is 12.3. The van der Waals surface area contributed by atoms with E-state index < -0.39 is 23.6 Å². The van der Waals surface area contributed by atoms with Crippen molar-refractivity contribution < 1.29 is 24.2 Å². The largest absolute Gasteiger partial charge is 0.480 e. The van der Waals surface area contributed by atoms with Gasteiger partial charge in [-0.1, -0.05) is 12.1 Å². The van der Waals surface area contributed by atoms with E-state index in [1.807, 2.05) is 0 Å². The number of benzene rings is 1. The summed E-state index contributed by atoms with van der Waals surface area (Å²) in [5.41, 5.74) is 0.369. The van der Waals surface area contributed by atoms with E-state index in [1.165, 1.54) is 0 Å². The van der Waals surface area contributed by atoms with Gasteiger partial charge in [-0.15, -0.1) is 0 Å². The number of hydrogen-bond acceptors (Lipinski definition) is 4. The fourth-order valence-corrected chi connectivity index (χ4v) is 1.70. The van der Waals surface area contributed by atoms with Gasteiger partial charge in [0.2, 0.25) is 6.41 Å². The lowest BCUT2D eigenvalue weighted by atomic mass is 10.0. The van der Waals surface area contributed by atoms with E-state index in [4.69, 9.17) is 9.84 Å². The molecule has 0 aliphatic carbocycles. The molecule has 6 heteroatoms. The van der Waals surface area contributed by atoms with Crippen LogP contribution in [0.15, 0.2) is 24.3 Å². The second-order valence-corrected chi connectivity index (χ2v) is 5.58. The van der Waals surface area contributed by atoms with Gasteiger partial charge >= 0.3 is 11.9 Å². The molecule has 1 atom stereocenters. The number of carboxylic acids is 1. The molecule has 1 unspecified atom stereocenters. The number of aliphatic carboxylic acids is 1. The van der Waals surface area contributed by atoms with Crippen LogP contribution in [0.5, 0.6) is 0 Å². The Labute approximate surface area is 123 Å². The summed E-state index contributed by atoms with van der Waals surface area (Å²) in [5.74, 6) is -1.61. The molecule has 1 aromatic rings. The third-order valence-electron chi connectivity index (χ3n) is 2.57. The van der Waals surface area contributed by atoms with E-state index in [1.54, 1.807) is 45.0 Å². The van der Waals surface area contributed by atoms with E-state index >= 15 is 0 Å². The Kier molecular flexibility index (Phi) is 5.46. The first-order valence-electron chi connectivity index (χ1n) is 6.47. The first-order chi connectivity index (χ1) is 9.73. The maximum absolute atomic E-state index is 11.9. The van der Waals surface area contributed by atoms with Crippen molar-refractivity contribution in [3.63, 3.8) is 0 Å². The average molecular weight is 293 g/mol. The Morgan fingerprint density at radius 3 is 2.57 bits per heavy atom. The van der Waals surface area contributed by atoms with Gasteiger partial charge in [-0.3, -0.25) is 4.79 Å². The Morgan fingerprint density at radius 1 is 1.38 bits per heavy atom. The van der Waals surface area contributed by atoms with Gasteiger partial charge in [0.15, 0.2) is 0 Å². The summed E-state index contributed by atoms with van der Waals surface area (Å²) in [6, 6.07) is 5.47. The number of hydrogen-bond donors (Lipinski definition) is 2. The topological polar surface area (TPSA) is 92.7 Å². The van der Waals surface area contributed by atoms with Gasteiger partial charge < -0.3 is 15.2 Å². The highest BCUT2D eigenvalue weighted by Crippen LogP contribution is 2.14. The summed E-state index contributed by atoms with van der Waals surface area (Å²) in [7, 11) is 0. The fraction of sp³-hybridized carbons (Fsp3) is 0.400. The molecule has 2 N–H and O–H groups in total. The molecular formula is C15H19NO5. The highest BCUT2D eigenvalue weighted by atomic mass is 16.6. The third-order valence-corrected chi connectivity index (χ3v) is 2.57. The minimum Gasteiger partial charge on any atom is -0.480 e. The van der Waals surface area contributed by atoms with E-state index in [0.29, 0.717) is 17.5 Å². The normalized spacial score (nSPS) is 12.3. The van der Waals surface area contributed by atoms with Crippen molar-refractivity contribution in [3.05, 3.63) is 35.4 Å². The van der Waals surface area contributed by atoms with E-state index in [9.17, 15) is 14.4 Å². The lowest BCUT2D eigenvalue weighted by Crippen LogP contribution is -2.37. The SMILES string of the molecule is CC(C)(C)OC(=O)c1cccc(CC(NC=O)C(=O)O)c1. The number of carbonyl (C=O) groups is 3. The van der Waals surface area contributed by atoms with Crippen LogP contribution in [0.25, 0.3) is 0 Å². The smallest absolute Gasteiger partial charge is 0.338 e. The van der Waals surface area contributed by atoms with Crippen LogP contribution in [0.1, 0.15) is 36.7 Å². The summed E-state index contributed by atoms with van der Waals surface area (Å²) in [5, 5.41) is 11.2. The van der Waals surface area contributed by atoms with Gasteiger partial charge in [0, 0.05) is 6.42 Å². The predicted octanol–water partition coefficient (Wildman–Crippen LogP) is 1.38. The molecule has 0 saturated carbocycles. The first kappa shape index (κ1) is 16.7. The van der Waals surface area contributed by atoms with Crippen LogP contribution in [0.3, 0.4) is 0 Å². The van der Waals surface area contributed by atoms with Gasteiger partial charge in [-0.25, -0.2) is 9.59 Å². The van der Waals surface area contributed by atoms with Crippen LogP contribution in [0, 0.1) is 0 Å². The summed E-state index contributed by atoms with van der Waals surface area (Å²) >= 11 is 0. The molecule has 0 aliphatic rings. The molecule has 0 radical (unpaired) electrons. The van der Waals surface area contributed by atoms with Crippen molar-refractivity contribution in [2.75, 3.05) is 0 Å². The maximum atomic E-state index is 11.9. The number of ether oxygens (including phenoxy) is 1. The van der Waals surface area contributed by atoms with E-state index in [2.05, 4.69) is 5.32 Å². The minimum atomic E-state index is -1.13. The van der Waals surface area contributed by atoms with Crippen LogP contribution in [-0.2, 0) is 20.7 Å². The Hall–Kier alpha value is -2.37. The number of amides is 1. The highest BCUT2D eigenvalue weighted by Gasteiger charge is 2.20. The van der Waals surface area contributed by atoms with E-state index in [0.717, 1.165) is 0 Å². The molecule has 114 valence electrons. The molecule has 0 heterocycles. The Morgan fingerprint density at radius 2 is 2.05 bits per heavy atom. The quantitative estimate of drug-likeness (QED) is 0.610. The van der Waals surface area contributed by atoms with Crippen LogP contribution in [0.4, 0.5) is 0 Å². The molecule has 0 saturated heterocycles. The number of carbonyl (C=O) groups excluding carboxylic acids is 2. The van der Waals surface area contributed by atoms with Crippen molar-refractivity contribution in [2.24, 2.45) is 0 Å². The number of carboxylic acid groups (broad SMARTS) is 1. The van der Waals surface area contributed by atoms with E-state index in [-0.39, 0.29) is 6.42 Å². The van der Waals surface area contributed by atoms with Crippen molar-refractivity contribution in [1.82, 2.24) is 5.32 Å². The lowest BCUT2D eigenvalue weighted by molar-refractivity contribution is -0.140. The lowest BCUT2D eigenvalue weighted by Gasteiger charge is -2.19. The summed E-state index contributed by atoms with van der Waals surface area (Å²) < 4.78 is 5.25. The molecular weight excluding hydrogens is 274 g/mol. The summed E-state index contributed by atoms with van der Waals surface area (Å²) in [6.45, 7) is 5.30. The van der Waals surface area contributed by atoms with Gasteiger partial charge in [-0.05, 0) is 38.5 Å². The van der Waals surface area contributed by atoms with Crippen LogP contribution in [0.2, 0.25) is 0 Å². The molecule has 1 aromatic carbocycles. The van der Waals surface area contributed by atoms with Crippen molar-refractivity contribution >= 4 is 18.3 Å². The zero-order chi connectivity index (χ0) is 16.0. The molecule has 0 bridgehead atoms. The average Bonchev–Trinajstić information content (AvgIpc) is 2.36. The molecule has 6 nitrogen and oxygen atoms in total. The van der Waals surface area contributed by atoms with Crippen molar-refractivity contribution in [1.29, 1.82) is 0 Å². The summed E-state index contributed by atoms with van der Waals surface area (Å²) in [4.78, 5) is 33.3. The molecule has 0 fully saturated rings. The third kappa shape index (κ3) is 5.64. The van der Waals surface area contributed by atoms with Gasteiger partial charge in [0.25, 0.3) is 0 Å². The van der Waals surface area contributed by atoms with Crippen LogP contribution < -0.4 is 5.32 Å². The Bertz CT molecular complexity index is 533. The fourth-order valence-electron chi connectivity index (χ4n) is 1.70. The second kappa shape index (κ2) is 6.88. The molecule has 0 aromatic heterocycles. The highest BCUT2D eigenvalue weighted by molar-refractivity contribution is 5.90. The predicted molar refractivity (Wildman–Crippen MR) is 75.9 cm³/mol. The summed E-state index contributed by atoms with van der Waals surface area (Å²) in [6.07, 6.45) is 0.432. The molecule has 1 rings (SSSR count). The van der Waals surface area contributed by atoms with Crippen molar-refractivity contribution in [2.45, 2.75) is 38.8 Å². The zero-order valence-electron chi connectivity index (χ0n) is 12.3. The maximum Gasteiger partial charge on any atom is 0.338 e. The van der Waals surface area contributed by atoms with Gasteiger partial charge in [0.1, 0.15) is 11.6 Å². The minimum absolute atomic E-state index is 0.0880. The molecule has 0 spiro atoms. The van der Waals surface area contributed by atoms with Crippen LogP contribution >= 0.6 is 0 Å². The monoisotopic (exact) mass is 293 g/mol. The Balaban J connectivity index is 2.87. The number of nitrogens with one attached hydrogen (secondary N) is 1. The molecule has 1 amide bonds. The first-order valence-corrected chi connectivity index (χ1v) is 6.47.